The van der Waals surface area contributed by atoms with Crippen LogP contribution in [0.2, 0.25) is 0 Å². The largest absolute Gasteiger partial charge is 0.494 e. The van der Waals surface area contributed by atoms with E-state index in [0.29, 0.717) is 0 Å². The highest BCUT2D eigenvalue weighted by Crippen LogP contribution is 2.05. The van der Waals surface area contributed by atoms with Crippen LogP contribution in [0, 0.1) is 0 Å². The number of carbonyl (C=O) groups is 1. The molecule has 2 N–H and O–H groups in total. The standard InChI is InChI=1S/C9H11N3O5/c1-11-7(15)5(3-10-4-6(13)14)8(16)12(2)9(11)17/h3,15H,4H2,1-2H3,(H,13,14). The normalized spacial score (nSPS) is 10.9. The van der Waals surface area contributed by atoms with Crippen molar-refractivity contribution in [3.05, 3.63) is 26.4 Å². The van der Waals surface area contributed by atoms with Crippen LogP contribution in [-0.2, 0) is 18.9 Å². The first kappa shape index (κ1) is 12.7. The maximum Gasteiger partial charge on any atom is 0.333 e. The Morgan fingerprint density at radius 2 is 1.94 bits per heavy atom. The highest BCUT2D eigenvalue weighted by molar-refractivity contribution is 5.83. The molecule has 0 radical (unpaired) electrons. The molecule has 0 spiro atoms. The quantitative estimate of drug-likeness (QED) is 0.612. The first-order chi connectivity index (χ1) is 7.86. The Kier molecular flexibility index (Phi) is 3.46. The number of aromatic hydroxyl groups is 1. The molecule has 0 bridgehead atoms. The fourth-order valence-electron chi connectivity index (χ4n) is 1.19. The van der Waals surface area contributed by atoms with E-state index < -0.39 is 29.6 Å². The van der Waals surface area contributed by atoms with Gasteiger partial charge in [-0.25, -0.2) is 4.79 Å². The van der Waals surface area contributed by atoms with Crippen molar-refractivity contribution in [3.8, 4) is 5.88 Å². The summed E-state index contributed by atoms with van der Waals surface area (Å²) in [6.07, 6.45) is 0.936. The lowest BCUT2D eigenvalue weighted by molar-refractivity contribution is -0.135. The van der Waals surface area contributed by atoms with Gasteiger partial charge in [0.1, 0.15) is 12.1 Å². The molecule has 0 aliphatic carbocycles. The molecule has 92 valence electrons. The van der Waals surface area contributed by atoms with Gasteiger partial charge in [0.15, 0.2) is 0 Å². The second kappa shape index (κ2) is 4.64. The Morgan fingerprint density at radius 1 is 1.35 bits per heavy atom. The summed E-state index contributed by atoms with van der Waals surface area (Å²) in [4.78, 5) is 36.7. The van der Waals surface area contributed by atoms with Gasteiger partial charge in [-0.2, -0.15) is 0 Å². The molecule has 0 fully saturated rings. The number of nitrogens with zero attached hydrogens (tertiary/aromatic N) is 3. The van der Waals surface area contributed by atoms with Crippen molar-refractivity contribution in [2.75, 3.05) is 6.54 Å². The number of rotatable bonds is 3. The summed E-state index contributed by atoms with van der Waals surface area (Å²) >= 11 is 0. The number of carboxylic acids is 1. The smallest absolute Gasteiger partial charge is 0.333 e. The van der Waals surface area contributed by atoms with E-state index in [0.717, 1.165) is 15.3 Å². The molecule has 0 atom stereocenters. The molecule has 8 nitrogen and oxygen atoms in total. The summed E-state index contributed by atoms with van der Waals surface area (Å²) < 4.78 is 1.66. The van der Waals surface area contributed by atoms with Gasteiger partial charge >= 0.3 is 11.7 Å². The average Bonchev–Trinajstić information content (AvgIpc) is 2.28. The van der Waals surface area contributed by atoms with Crippen LogP contribution in [0.3, 0.4) is 0 Å². The maximum absolute atomic E-state index is 11.6. The summed E-state index contributed by atoms with van der Waals surface area (Å²) in [7, 11) is 2.53. The Bertz CT molecular complexity index is 596. The van der Waals surface area contributed by atoms with Gasteiger partial charge in [-0.15, -0.1) is 0 Å². The fourth-order valence-corrected chi connectivity index (χ4v) is 1.19. The van der Waals surface area contributed by atoms with E-state index in [1.165, 1.54) is 14.1 Å². The monoisotopic (exact) mass is 241 g/mol. The summed E-state index contributed by atoms with van der Waals surface area (Å²) in [6, 6.07) is 0. The predicted molar refractivity (Wildman–Crippen MR) is 58.7 cm³/mol. The third-order valence-corrected chi connectivity index (χ3v) is 2.11. The van der Waals surface area contributed by atoms with Crippen LogP contribution in [0.1, 0.15) is 5.56 Å². The minimum atomic E-state index is -1.16. The van der Waals surface area contributed by atoms with Crippen molar-refractivity contribution in [1.82, 2.24) is 9.13 Å². The highest BCUT2D eigenvalue weighted by atomic mass is 16.4. The number of aromatic nitrogens is 2. The Labute approximate surface area is 95.1 Å². The van der Waals surface area contributed by atoms with Crippen molar-refractivity contribution in [2.45, 2.75) is 0 Å². The first-order valence-corrected chi connectivity index (χ1v) is 4.57. The van der Waals surface area contributed by atoms with Gasteiger partial charge in [-0.1, -0.05) is 0 Å². The summed E-state index contributed by atoms with van der Waals surface area (Å²) in [5.74, 6) is -1.71. The molecule has 1 aromatic rings. The van der Waals surface area contributed by atoms with Gasteiger partial charge in [0, 0.05) is 20.3 Å². The zero-order chi connectivity index (χ0) is 13.2. The van der Waals surface area contributed by atoms with Crippen molar-refractivity contribution in [3.63, 3.8) is 0 Å². The molecule has 8 heteroatoms. The van der Waals surface area contributed by atoms with Crippen molar-refractivity contribution in [2.24, 2.45) is 19.1 Å². The Hall–Kier alpha value is -2.38. The number of aliphatic imine (C=N–C) groups is 1. The minimum absolute atomic E-state index is 0.226. The fraction of sp³-hybridized carbons (Fsp3) is 0.333. The van der Waals surface area contributed by atoms with E-state index in [9.17, 15) is 19.5 Å². The summed E-state index contributed by atoms with van der Waals surface area (Å²) in [5.41, 5.74) is -1.64. The predicted octanol–water partition coefficient (Wildman–Crippen LogP) is -1.71. The van der Waals surface area contributed by atoms with E-state index in [4.69, 9.17) is 5.11 Å². The molecule has 1 heterocycles. The van der Waals surface area contributed by atoms with Gasteiger partial charge in [-0.3, -0.25) is 23.7 Å². The molecule has 1 aromatic heterocycles. The van der Waals surface area contributed by atoms with Crippen molar-refractivity contribution in [1.29, 1.82) is 0 Å². The zero-order valence-electron chi connectivity index (χ0n) is 9.25. The lowest BCUT2D eigenvalue weighted by atomic mass is 10.3. The molecular formula is C9H11N3O5. The van der Waals surface area contributed by atoms with Gasteiger partial charge in [0.25, 0.3) is 5.56 Å². The van der Waals surface area contributed by atoms with E-state index in [1.807, 2.05) is 0 Å². The third-order valence-electron chi connectivity index (χ3n) is 2.11. The van der Waals surface area contributed by atoms with E-state index >= 15 is 0 Å². The highest BCUT2D eigenvalue weighted by Gasteiger charge is 2.12. The number of hydrogen-bond donors (Lipinski definition) is 2. The molecule has 1 rings (SSSR count). The van der Waals surface area contributed by atoms with Gasteiger partial charge in [0.2, 0.25) is 5.88 Å². The van der Waals surface area contributed by atoms with Crippen LogP contribution in [-0.4, -0.2) is 38.1 Å². The summed E-state index contributed by atoms with van der Waals surface area (Å²) in [6.45, 7) is -0.522. The molecule has 17 heavy (non-hydrogen) atoms. The summed E-state index contributed by atoms with van der Waals surface area (Å²) in [5, 5.41) is 17.9. The van der Waals surface area contributed by atoms with Crippen LogP contribution < -0.4 is 11.2 Å². The lowest BCUT2D eigenvalue weighted by Crippen LogP contribution is -2.38. The van der Waals surface area contributed by atoms with Crippen LogP contribution in [0.15, 0.2) is 14.6 Å². The zero-order valence-corrected chi connectivity index (χ0v) is 9.25. The molecule has 0 aliphatic heterocycles. The average molecular weight is 241 g/mol. The van der Waals surface area contributed by atoms with Crippen LogP contribution in [0.4, 0.5) is 0 Å². The number of aliphatic carboxylic acids is 1. The van der Waals surface area contributed by atoms with E-state index in [1.54, 1.807) is 0 Å². The lowest BCUT2D eigenvalue weighted by Gasteiger charge is -2.06. The first-order valence-electron chi connectivity index (χ1n) is 4.57. The molecular weight excluding hydrogens is 230 g/mol. The van der Waals surface area contributed by atoms with Crippen LogP contribution in [0.5, 0.6) is 5.88 Å². The van der Waals surface area contributed by atoms with Gasteiger partial charge in [0.05, 0.1) is 0 Å². The Morgan fingerprint density at radius 3 is 2.47 bits per heavy atom. The van der Waals surface area contributed by atoms with Gasteiger partial charge < -0.3 is 10.2 Å². The second-order valence-corrected chi connectivity index (χ2v) is 3.31. The third kappa shape index (κ3) is 2.41. The molecule has 0 aromatic carbocycles. The molecule has 0 unspecified atom stereocenters. The Balaban J connectivity index is 3.35. The van der Waals surface area contributed by atoms with E-state index in [2.05, 4.69) is 4.99 Å². The number of carboxylic acid groups (broad SMARTS) is 1. The molecule has 0 amide bonds. The second-order valence-electron chi connectivity index (χ2n) is 3.31. The molecule has 0 aliphatic rings. The maximum atomic E-state index is 11.6. The van der Waals surface area contributed by atoms with Crippen molar-refractivity contribution < 1.29 is 15.0 Å². The van der Waals surface area contributed by atoms with E-state index in [-0.39, 0.29) is 5.56 Å². The molecule has 0 saturated carbocycles. The van der Waals surface area contributed by atoms with Crippen LogP contribution >= 0.6 is 0 Å². The van der Waals surface area contributed by atoms with Crippen molar-refractivity contribution >= 4 is 12.2 Å². The number of hydrogen-bond acceptors (Lipinski definition) is 5. The topological polar surface area (TPSA) is 114 Å². The van der Waals surface area contributed by atoms with Crippen LogP contribution in [0.25, 0.3) is 0 Å². The van der Waals surface area contributed by atoms with Gasteiger partial charge in [-0.05, 0) is 0 Å². The molecule has 0 saturated heterocycles. The SMILES string of the molecule is Cn1c(O)c(C=NCC(=O)O)c(=O)n(C)c1=O. The minimum Gasteiger partial charge on any atom is -0.494 e.